The molecule has 0 N–H and O–H groups in total. The zero-order chi connectivity index (χ0) is 18.7. The van der Waals surface area contributed by atoms with Crippen LogP contribution in [0, 0.1) is 6.92 Å². The van der Waals surface area contributed by atoms with Crippen LogP contribution in [0.25, 0.3) is 0 Å². The van der Waals surface area contributed by atoms with Crippen molar-refractivity contribution in [3.8, 4) is 0 Å². The van der Waals surface area contributed by atoms with Gasteiger partial charge in [0, 0.05) is 0 Å². The smallest absolute Gasteiger partial charge is 0.308 e. The fourth-order valence-corrected chi connectivity index (χ4v) is 7.12. The molecule has 5 nitrogen and oxygen atoms in total. The van der Waals surface area contributed by atoms with Crippen LogP contribution in [0.3, 0.4) is 0 Å². The molecule has 1 heterocycles. The van der Waals surface area contributed by atoms with Gasteiger partial charge in [-0.2, -0.15) is 4.31 Å². The molecule has 4 atom stereocenters. The molecule has 0 radical (unpaired) electrons. The number of aryl methyl sites for hydroxylation is 1. The molecule has 26 heavy (non-hydrogen) atoms. The second-order valence-corrected chi connectivity index (χ2v) is 9.58. The van der Waals surface area contributed by atoms with Gasteiger partial charge >= 0.3 is 7.60 Å². The van der Waals surface area contributed by atoms with Crippen molar-refractivity contribution >= 4 is 18.6 Å². The van der Waals surface area contributed by atoms with E-state index < -0.39 is 24.4 Å². The van der Waals surface area contributed by atoms with Gasteiger partial charge in [-0.15, -0.1) is 0 Å². The molecule has 0 aliphatic carbocycles. The summed E-state index contributed by atoms with van der Waals surface area (Å²) in [6, 6.07) is 16.9. The van der Waals surface area contributed by atoms with Gasteiger partial charge in [0.2, 0.25) is 0 Å². The molecule has 0 bridgehead atoms. The third kappa shape index (κ3) is 3.85. The molecule has 0 saturated carbocycles. The highest BCUT2D eigenvalue weighted by Crippen LogP contribution is 2.68. The summed E-state index contributed by atoms with van der Waals surface area (Å²) in [5.74, 6) is -0.549. The molecule has 1 fully saturated rings. The summed E-state index contributed by atoms with van der Waals surface area (Å²) in [4.78, 5) is 0.679. The first kappa shape index (κ1) is 19.5. The number of nitrogens with zero attached hydrogens (tertiary/aromatic N) is 1. The first-order chi connectivity index (χ1) is 12.5. The van der Waals surface area contributed by atoms with Gasteiger partial charge in [-0.3, -0.25) is 4.57 Å². The fraction of sp³-hybridized carbons (Fsp3) is 0.368. The lowest BCUT2D eigenvalue weighted by molar-refractivity contribution is 0.216. The highest BCUT2D eigenvalue weighted by molar-refractivity contribution is 7.83. The number of rotatable bonds is 8. The van der Waals surface area contributed by atoms with Crippen LogP contribution in [-0.4, -0.2) is 27.5 Å². The Bertz CT molecular complexity index is 802. The first-order valence-corrected chi connectivity index (χ1v) is 11.4. The predicted octanol–water partition coefficient (Wildman–Crippen LogP) is 4.67. The van der Waals surface area contributed by atoms with E-state index in [1.165, 1.54) is 0 Å². The van der Waals surface area contributed by atoms with E-state index in [2.05, 4.69) is 0 Å². The van der Waals surface area contributed by atoms with Crippen LogP contribution in [0.2, 0.25) is 0 Å². The van der Waals surface area contributed by atoms with Crippen LogP contribution in [0.1, 0.15) is 31.0 Å². The first-order valence-electron chi connectivity index (χ1n) is 8.72. The minimum Gasteiger partial charge on any atom is -0.308 e. The van der Waals surface area contributed by atoms with Gasteiger partial charge in [0.15, 0.2) is 0 Å². The van der Waals surface area contributed by atoms with Gasteiger partial charge in [-0.1, -0.05) is 48.0 Å². The molecular formula is C19H24NO4PS. The van der Waals surface area contributed by atoms with Crippen molar-refractivity contribution < 1.29 is 17.8 Å². The molecule has 1 aliphatic heterocycles. The zero-order valence-corrected chi connectivity index (χ0v) is 16.9. The molecule has 1 aliphatic rings. The molecule has 140 valence electrons. The van der Waals surface area contributed by atoms with Crippen molar-refractivity contribution in [2.75, 3.05) is 13.2 Å². The van der Waals surface area contributed by atoms with Crippen molar-refractivity contribution in [1.29, 1.82) is 0 Å². The molecule has 1 saturated heterocycles. The summed E-state index contributed by atoms with van der Waals surface area (Å²) in [6.07, 6.45) is 0. The Hall–Kier alpha value is -1.30. The SMILES string of the molecule is CCOP(=O)(OCC)[C@@H]1[C@@H](c2ccccc2)N1[S@@](=O)c1ccc(C)cc1. The third-order valence-electron chi connectivity index (χ3n) is 4.22. The molecule has 0 aromatic heterocycles. The van der Waals surface area contributed by atoms with E-state index in [4.69, 9.17) is 9.05 Å². The zero-order valence-electron chi connectivity index (χ0n) is 15.2. The van der Waals surface area contributed by atoms with Gasteiger partial charge in [0.05, 0.1) is 24.2 Å². The molecule has 0 amide bonds. The Morgan fingerprint density at radius 3 is 2.12 bits per heavy atom. The topological polar surface area (TPSA) is 55.6 Å². The van der Waals surface area contributed by atoms with Gasteiger partial charge in [-0.25, -0.2) is 4.21 Å². The van der Waals surface area contributed by atoms with Gasteiger partial charge in [0.25, 0.3) is 0 Å². The number of benzene rings is 2. The maximum absolute atomic E-state index is 13.3. The van der Waals surface area contributed by atoms with E-state index in [0.717, 1.165) is 11.1 Å². The van der Waals surface area contributed by atoms with E-state index in [1.807, 2.05) is 61.5 Å². The molecule has 3 rings (SSSR count). The summed E-state index contributed by atoms with van der Waals surface area (Å²) >= 11 is 0. The average Bonchev–Trinajstić information content (AvgIpc) is 3.39. The Balaban J connectivity index is 1.96. The predicted molar refractivity (Wildman–Crippen MR) is 103 cm³/mol. The van der Waals surface area contributed by atoms with Crippen LogP contribution >= 0.6 is 7.60 Å². The second kappa shape index (κ2) is 8.15. The van der Waals surface area contributed by atoms with Crippen molar-refractivity contribution in [3.63, 3.8) is 0 Å². The van der Waals surface area contributed by atoms with Crippen molar-refractivity contribution in [3.05, 3.63) is 65.7 Å². The Morgan fingerprint density at radius 1 is 1.00 bits per heavy atom. The summed E-state index contributed by atoms with van der Waals surface area (Å²) in [5.41, 5.74) is 2.06. The monoisotopic (exact) mass is 393 g/mol. The lowest BCUT2D eigenvalue weighted by atomic mass is 10.2. The van der Waals surface area contributed by atoms with E-state index in [-0.39, 0.29) is 19.3 Å². The Labute approximate surface area is 157 Å². The van der Waals surface area contributed by atoms with Gasteiger partial charge < -0.3 is 9.05 Å². The quantitative estimate of drug-likeness (QED) is 0.483. The second-order valence-electron chi connectivity index (χ2n) is 6.07. The largest absolute Gasteiger partial charge is 0.350 e. The summed E-state index contributed by atoms with van der Waals surface area (Å²) in [7, 11) is -4.85. The summed E-state index contributed by atoms with van der Waals surface area (Å²) in [6.45, 7) is 6.11. The van der Waals surface area contributed by atoms with E-state index in [9.17, 15) is 8.77 Å². The lowest BCUT2D eigenvalue weighted by Gasteiger charge is -2.16. The highest BCUT2D eigenvalue weighted by Gasteiger charge is 2.63. The maximum atomic E-state index is 13.3. The Morgan fingerprint density at radius 2 is 1.58 bits per heavy atom. The number of hydrogen-bond acceptors (Lipinski definition) is 4. The molecular weight excluding hydrogens is 369 g/mol. The van der Waals surface area contributed by atoms with E-state index >= 15 is 0 Å². The van der Waals surface area contributed by atoms with Crippen molar-refractivity contribution in [2.24, 2.45) is 0 Å². The highest BCUT2D eigenvalue weighted by atomic mass is 32.2. The van der Waals surface area contributed by atoms with Crippen molar-refractivity contribution in [1.82, 2.24) is 4.31 Å². The average molecular weight is 393 g/mol. The van der Waals surface area contributed by atoms with Crippen LogP contribution in [0.15, 0.2) is 59.5 Å². The van der Waals surface area contributed by atoms with Crippen molar-refractivity contribution in [2.45, 2.75) is 37.5 Å². The summed E-state index contributed by atoms with van der Waals surface area (Å²) < 4.78 is 39.3. The maximum Gasteiger partial charge on any atom is 0.350 e. The van der Waals surface area contributed by atoms with Crippen LogP contribution < -0.4 is 0 Å². The normalized spacial score (nSPS) is 23.6. The van der Waals surface area contributed by atoms with Crippen LogP contribution in [0.5, 0.6) is 0 Å². The molecule has 2 aromatic carbocycles. The molecule has 0 spiro atoms. The number of hydrogen-bond donors (Lipinski definition) is 0. The van der Waals surface area contributed by atoms with Crippen LogP contribution in [-0.2, 0) is 24.6 Å². The standard InChI is InChI=1S/C19H24NO4PS/c1-4-23-25(21,24-5-2)19-18(16-9-7-6-8-10-16)20(19)26(22)17-13-11-15(3)12-14-17/h6-14,18-19H,4-5H2,1-3H3/t18-,19-,20?,26+/m1/s1. The third-order valence-corrected chi connectivity index (χ3v) is 8.31. The molecule has 7 heteroatoms. The van der Waals surface area contributed by atoms with Gasteiger partial charge in [0.1, 0.15) is 16.8 Å². The molecule has 2 aromatic rings. The van der Waals surface area contributed by atoms with Gasteiger partial charge in [-0.05, 0) is 38.5 Å². The van der Waals surface area contributed by atoms with E-state index in [1.54, 1.807) is 18.2 Å². The molecule has 1 unspecified atom stereocenters. The van der Waals surface area contributed by atoms with E-state index in [0.29, 0.717) is 4.90 Å². The summed E-state index contributed by atoms with van der Waals surface area (Å²) in [5, 5.41) is 0. The van der Waals surface area contributed by atoms with Crippen LogP contribution in [0.4, 0.5) is 0 Å². The lowest BCUT2D eigenvalue weighted by Crippen LogP contribution is -2.10. The minimum atomic E-state index is -3.41. The Kier molecular flexibility index (Phi) is 6.10. The minimum absolute atomic E-state index is 0.262. The fourth-order valence-electron chi connectivity index (χ4n) is 3.01.